The molecule has 46 heavy (non-hydrogen) atoms. The van der Waals surface area contributed by atoms with Crippen LogP contribution in [0.1, 0.15) is 27.0 Å². The topological polar surface area (TPSA) is 274 Å². The molecule has 4 aromatic rings. The first-order valence-electron chi connectivity index (χ1n) is 12.9. The Morgan fingerprint density at radius 3 is 1.72 bits per heavy atom. The zero-order valence-electron chi connectivity index (χ0n) is 24.3. The van der Waals surface area contributed by atoms with Gasteiger partial charge in [-0.15, -0.1) is 0 Å². The van der Waals surface area contributed by atoms with Crippen molar-refractivity contribution in [3.63, 3.8) is 0 Å². The van der Waals surface area contributed by atoms with Gasteiger partial charge in [-0.25, -0.2) is 0 Å². The van der Waals surface area contributed by atoms with E-state index in [1.807, 2.05) is 0 Å². The fourth-order valence-corrected chi connectivity index (χ4v) is 3.39. The Morgan fingerprint density at radius 2 is 1.28 bits per heavy atom. The van der Waals surface area contributed by atoms with Gasteiger partial charge >= 0.3 is 0 Å². The van der Waals surface area contributed by atoms with Gasteiger partial charge < -0.3 is 45.6 Å². The summed E-state index contributed by atoms with van der Waals surface area (Å²) in [4.78, 5) is 29.7. The third-order valence-corrected chi connectivity index (χ3v) is 5.67. The largest absolute Gasteiger partial charge is 0.508 e. The van der Waals surface area contributed by atoms with E-state index in [1.165, 1.54) is 43.5 Å². The van der Waals surface area contributed by atoms with Crippen molar-refractivity contribution in [2.24, 2.45) is 0 Å². The molecule has 0 amide bonds. The minimum atomic E-state index is -0.508. The van der Waals surface area contributed by atoms with Crippen LogP contribution in [0.25, 0.3) is 0 Å². The van der Waals surface area contributed by atoms with E-state index >= 15 is 0 Å². The molecule has 0 unspecified atom stereocenters. The number of benzene rings is 4. The first kappa shape index (κ1) is 38.1. The van der Waals surface area contributed by atoms with Crippen molar-refractivity contribution in [3.8, 4) is 34.5 Å². The summed E-state index contributed by atoms with van der Waals surface area (Å²) in [6.45, 7) is -0.564. The molecular weight excluding hydrogens is 612 g/mol. The van der Waals surface area contributed by atoms with Gasteiger partial charge in [0.2, 0.25) is 0 Å². The number of aliphatic hydroxyl groups excluding tert-OH is 3. The number of aliphatic hydroxyl groups is 3. The van der Waals surface area contributed by atoms with Crippen molar-refractivity contribution in [2.45, 2.75) is 19.6 Å². The van der Waals surface area contributed by atoms with Gasteiger partial charge in [-0.1, -0.05) is 24.3 Å². The second-order valence-electron chi connectivity index (χ2n) is 8.77. The van der Waals surface area contributed by atoms with Crippen molar-refractivity contribution >= 4 is 17.7 Å². The molecule has 0 radical (unpaired) electrons. The molecule has 16 nitrogen and oxygen atoms in total. The maximum absolute atomic E-state index is 10.3. The number of aromatic hydroxyl groups is 5. The number of hydrogen-bond donors (Lipinski definition) is 8. The number of phenols is 5. The lowest BCUT2D eigenvalue weighted by molar-refractivity contribution is -0.385. The predicted molar refractivity (Wildman–Crippen MR) is 162 cm³/mol. The highest BCUT2D eigenvalue weighted by atomic mass is 16.6. The lowest BCUT2D eigenvalue weighted by Crippen LogP contribution is -1.93. The number of aldehydes is 1. The van der Waals surface area contributed by atoms with Gasteiger partial charge in [0.25, 0.3) is 11.4 Å². The van der Waals surface area contributed by atoms with E-state index in [2.05, 4.69) is 0 Å². The second-order valence-corrected chi connectivity index (χ2v) is 8.77. The molecule has 4 aromatic carbocycles. The molecule has 0 saturated carbocycles. The Morgan fingerprint density at radius 1 is 0.739 bits per heavy atom. The van der Waals surface area contributed by atoms with Gasteiger partial charge in [-0.05, 0) is 24.1 Å². The maximum atomic E-state index is 10.3. The third-order valence-electron chi connectivity index (χ3n) is 5.67. The quantitative estimate of drug-likeness (QED) is 0.0591. The molecule has 0 fully saturated rings. The number of rotatable bonds is 8. The summed E-state index contributed by atoms with van der Waals surface area (Å²) in [6, 6.07) is 16.8. The number of hydrogen-bond acceptors (Lipinski definition) is 14. The summed E-state index contributed by atoms with van der Waals surface area (Å²) < 4.78 is 4.75. The van der Waals surface area contributed by atoms with Crippen LogP contribution >= 0.6 is 0 Å². The molecule has 0 heterocycles. The molecule has 16 heteroatoms. The first-order valence-corrected chi connectivity index (χ1v) is 12.9. The SMILES string of the molecule is COc1cc(O)cc(CO)c1O.O=Cc1c(O)cc(O)cc1O.O=[N+]([O-])c1ccc(CCO)cc1.O=[N+]([O-])c1ccccc1CO. The molecule has 0 bridgehead atoms. The Bertz CT molecular complexity index is 1550. The van der Waals surface area contributed by atoms with E-state index in [1.54, 1.807) is 24.3 Å². The summed E-state index contributed by atoms with van der Waals surface area (Å²) in [5.74, 6) is -1.19. The number of carbonyl (C=O) groups is 1. The predicted octanol–water partition coefficient (Wildman–Crippen LogP) is 3.43. The van der Waals surface area contributed by atoms with Crippen LogP contribution in [0, 0.1) is 20.2 Å². The molecule has 0 atom stereocenters. The molecule has 0 saturated heterocycles. The number of para-hydroxylation sites is 1. The minimum absolute atomic E-state index is 0.0324. The summed E-state index contributed by atoms with van der Waals surface area (Å²) >= 11 is 0. The average molecular weight is 645 g/mol. The molecule has 0 aliphatic carbocycles. The van der Waals surface area contributed by atoms with Crippen LogP contribution in [-0.2, 0) is 19.6 Å². The van der Waals surface area contributed by atoms with E-state index in [0.29, 0.717) is 18.3 Å². The Hall–Kier alpha value is -5.97. The lowest BCUT2D eigenvalue weighted by Gasteiger charge is -2.07. The molecule has 0 spiro atoms. The van der Waals surface area contributed by atoms with Crippen LogP contribution in [0.15, 0.2) is 72.8 Å². The van der Waals surface area contributed by atoms with E-state index in [9.17, 15) is 30.1 Å². The molecule has 0 aliphatic rings. The van der Waals surface area contributed by atoms with Crippen LogP contribution in [0.5, 0.6) is 34.5 Å². The van der Waals surface area contributed by atoms with Crippen LogP contribution < -0.4 is 4.74 Å². The number of non-ortho nitro benzene ring substituents is 1. The van der Waals surface area contributed by atoms with Gasteiger partial charge in [0.15, 0.2) is 17.8 Å². The summed E-state index contributed by atoms with van der Waals surface area (Å²) in [5.41, 5.74) is 1.32. The van der Waals surface area contributed by atoms with Gasteiger partial charge in [0.05, 0.1) is 41.3 Å². The zero-order chi connectivity index (χ0) is 34.8. The van der Waals surface area contributed by atoms with Crippen molar-refractivity contribution in [1.82, 2.24) is 0 Å². The van der Waals surface area contributed by atoms with Crippen LogP contribution in [0.3, 0.4) is 0 Å². The maximum Gasteiger partial charge on any atom is 0.274 e. The molecule has 4 rings (SSSR count). The van der Waals surface area contributed by atoms with Crippen LogP contribution in [0.2, 0.25) is 0 Å². The second kappa shape index (κ2) is 19.3. The fraction of sp³-hybridized carbons (Fsp3) is 0.167. The van der Waals surface area contributed by atoms with Crippen LogP contribution in [-0.4, -0.2) is 70.7 Å². The van der Waals surface area contributed by atoms with E-state index in [-0.39, 0.29) is 65.3 Å². The van der Waals surface area contributed by atoms with E-state index in [4.69, 9.17) is 40.5 Å². The molecule has 8 N–H and O–H groups in total. The van der Waals surface area contributed by atoms with E-state index < -0.39 is 21.3 Å². The molecule has 0 aromatic heterocycles. The number of carbonyl (C=O) groups excluding carboxylic acids is 1. The highest BCUT2D eigenvalue weighted by Gasteiger charge is 2.10. The molecule has 0 aliphatic heterocycles. The Labute approximate surface area is 261 Å². The Kier molecular flexibility index (Phi) is 16.0. The van der Waals surface area contributed by atoms with Crippen molar-refractivity contribution < 1.29 is 60.2 Å². The summed E-state index contributed by atoms with van der Waals surface area (Å²) in [5, 5.41) is 91.5. The summed E-state index contributed by atoms with van der Waals surface area (Å²) in [6.07, 6.45) is 0.849. The number of methoxy groups -OCH3 is 1. The smallest absolute Gasteiger partial charge is 0.274 e. The third kappa shape index (κ3) is 12.0. The molecular formula is C30H32N2O14. The monoisotopic (exact) mass is 644 g/mol. The Balaban J connectivity index is 0.000000307. The lowest BCUT2D eigenvalue weighted by atomic mass is 10.1. The molecule has 246 valence electrons. The number of phenolic OH excluding ortho intramolecular Hbond substituents is 4. The normalized spacial score (nSPS) is 9.65. The number of nitro groups is 2. The van der Waals surface area contributed by atoms with Gasteiger partial charge in [-0.2, -0.15) is 0 Å². The zero-order valence-corrected chi connectivity index (χ0v) is 24.3. The van der Waals surface area contributed by atoms with Crippen molar-refractivity contribution in [1.29, 1.82) is 0 Å². The first-order chi connectivity index (χ1) is 21.8. The van der Waals surface area contributed by atoms with E-state index in [0.717, 1.165) is 17.7 Å². The van der Waals surface area contributed by atoms with Gasteiger partial charge in [0, 0.05) is 48.6 Å². The highest BCUT2D eigenvalue weighted by molar-refractivity contribution is 5.83. The minimum Gasteiger partial charge on any atom is -0.508 e. The van der Waals surface area contributed by atoms with Crippen molar-refractivity contribution in [3.05, 3.63) is 115 Å². The number of nitro benzene ring substituents is 2. The fourth-order valence-electron chi connectivity index (χ4n) is 3.39. The number of ether oxygens (including phenoxy) is 1. The average Bonchev–Trinajstić information content (AvgIpc) is 3.03. The highest BCUT2D eigenvalue weighted by Crippen LogP contribution is 2.34. The van der Waals surface area contributed by atoms with Crippen molar-refractivity contribution in [2.75, 3.05) is 13.7 Å². The number of nitrogens with zero attached hydrogens (tertiary/aromatic N) is 2. The standard InChI is InChI=1S/C8H9NO3.C8H10O4.C7H7NO3.C7H6O4/c10-6-5-7-1-3-8(4-2-7)9(11)12;1-12-7-3-6(10)2-5(4-9)8(7)11;9-5-6-3-1-2-4-7(6)8(10)11;8-3-5-6(10)1-4(9)2-7(5)11/h1-4,10H,5-6H2;2-3,9-11H,4H2,1H3;1-4,9H,5H2;1-3,9-11H. The van der Waals surface area contributed by atoms with Crippen LogP contribution in [0.4, 0.5) is 11.4 Å². The van der Waals surface area contributed by atoms with Gasteiger partial charge in [0.1, 0.15) is 23.0 Å². The van der Waals surface area contributed by atoms with Gasteiger partial charge in [-0.3, -0.25) is 25.0 Å². The summed E-state index contributed by atoms with van der Waals surface area (Å²) in [7, 11) is 1.37.